The predicted octanol–water partition coefficient (Wildman–Crippen LogP) is -3.32. The van der Waals surface area contributed by atoms with Crippen LogP contribution in [0.2, 0.25) is 0 Å². The second kappa shape index (κ2) is 15.5. The van der Waals surface area contributed by atoms with Crippen molar-refractivity contribution in [3.8, 4) is 11.5 Å². The molecule has 0 unspecified atom stereocenters. The zero-order valence-corrected chi connectivity index (χ0v) is 23.4. The summed E-state index contributed by atoms with van der Waals surface area (Å²) in [5.41, 5.74) is 0.239. The molecule has 190 valence electrons. The number of para-hydroxylation sites is 2. The number of nitrogens with zero attached hydrogens (tertiary/aromatic N) is 2. The number of esters is 2. The summed E-state index contributed by atoms with van der Waals surface area (Å²) < 4.78 is 35.2. The van der Waals surface area contributed by atoms with Gasteiger partial charge >= 0.3 is 61.0 Å². The molecule has 0 aromatic heterocycles. The van der Waals surface area contributed by atoms with Crippen LogP contribution in [-0.4, -0.2) is 93.7 Å². The van der Waals surface area contributed by atoms with Gasteiger partial charge in [-0.3, -0.25) is 0 Å². The summed E-state index contributed by atoms with van der Waals surface area (Å²) in [6.07, 6.45) is 0. The maximum Gasteiger partial charge on any atom is 1.00 e. The molecule has 0 radical (unpaired) electrons. The monoisotopic (exact) mass is 510 g/mol. The molecule has 36 heavy (non-hydrogen) atoms. The number of likely N-dealkylation sites (N-methyl/N-ethyl adjacent to an activating group) is 2. The van der Waals surface area contributed by atoms with Crippen LogP contribution >= 0.6 is 0 Å². The molecule has 9 nitrogen and oxygen atoms in total. The Morgan fingerprint density at radius 1 is 0.694 bits per heavy atom. The number of carbonyl (C=O) groups excluding carboxylic acids is 2. The van der Waals surface area contributed by atoms with Crippen LogP contribution in [0.4, 0.5) is 0 Å². The predicted molar refractivity (Wildman–Crippen MR) is 131 cm³/mol. The van der Waals surface area contributed by atoms with Crippen LogP contribution < -0.4 is 46.1 Å². The number of hydrogen-bond donors (Lipinski definition) is 0. The molecule has 0 bridgehead atoms. The molecule has 0 atom stereocenters. The van der Waals surface area contributed by atoms with E-state index in [9.17, 15) is 13.8 Å². The molecule has 0 amide bonds. The summed E-state index contributed by atoms with van der Waals surface area (Å²) in [7, 11) is 11.9. The number of ether oxygens (including phenoxy) is 2. The van der Waals surface area contributed by atoms with Gasteiger partial charge in [-0.1, -0.05) is 24.3 Å². The van der Waals surface area contributed by atoms with Crippen molar-refractivity contribution in [1.29, 1.82) is 0 Å². The van der Waals surface area contributed by atoms with Crippen LogP contribution in [0, 0.1) is 0 Å². The van der Waals surface area contributed by atoms with Crippen LogP contribution in [0.25, 0.3) is 0 Å². The van der Waals surface area contributed by atoms with E-state index in [-0.39, 0.29) is 76.4 Å². The van der Waals surface area contributed by atoms with Gasteiger partial charge in [0.05, 0.1) is 42.3 Å². The molecule has 0 heterocycles. The summed E-state index contributed by atoms with van der Waals surface area (Å²) in [6, 6.07) is 12.6. The van der Waals surface area contributed by atoms with Gasteiger partial charge in [0.2, 0.25) is 0 Å². The van der Waals surface area contributed by atoms with Crippen molar-refractivity contribution in [1.82, 2.24) is 0 Å². The number of quaternary nitrogens is 2. The van der Waals surface area contributed by atoms with E-state index >= 15 is 0 Å². The van der Waals surface area contributed by atoms with E-state index in [2.05, 4.69) is 0 Å². The standard InChI is InChI=1S/C24H34N2O7S.2Li.2H/c1-25(2,3)15-17-30-23(27)19-11-7-9-13-21(19)32-34(29)33-22-14-10-8-12-20(22)24(28)31-18-16-26(4,5)6;;;;/h7-14H,15-18H2,1-6H3;;;;/q+2;2*+1;2*-1. The van der Waals surface area contributed by atoms with Crippen molar-refractivity contribution in [2.24, 2.45) is 0 Å². The molecule has 12 heteroatoms. The molecular formula is C24H36Li2N2O7S+2. The van der Waals surface area contributed by atoms with Crippen molar-refractivity contribution in [2.45, 2.75) is 0 Å². The van der Waals surface area contributed by atoms with E-state index < -0.39 is 23.3 Å². The minimum atomic E-state index is -2.34. The number of rotatable bonds is 12. The fourth-order valence-electron chi connectivity index (χ4n) is 2.56. The molecule has 2 rings (SSSR count). The van der Waals surface area contributed by atoms with Crippen molar-refractivity contribution < 1.29 is 81.2 Å². The van der Waals surface area contributed by atoms with Crippen LogP contribution in [0.15, 0.2) is 48.5 Å². The van der Waals surface area contributed by atoms with Crippen LogP contribution in [0.5, 0.6) is 11.5 Å². The third-order valence-corrected chi connectivity index (χ3v) is 5.15. The third kappa shape index (κ3) is 12.5. The minimum Gasteiger partial charge on any atom is -1.00 e. The first-order valence-electron chi connectivity index (χ1n) is 10.8. The molecule has 0 aliphatic heterocycles. The molecule has 0 spiro atoms. The van der Waals surface area contributed by atoms with Gasteiger partial charge in [-0.2, -0.15) is 4.21 Å². The molecule has 0 saturated carbocycles. The van der Waals surface area contributed by atoms with Gasteiger partial charge in [0, 0.05) is 0 Å². The molecule has 0 N–H and O–H groups in total. The Balaban J connectivity index is -0.00000306. The molecular weight excluding hydrogens is 474 g/mol. The number of carbonyl (C=O) groups is 2. The van der Waals surface area contributed by atoms with E-state index in [0.717, 1.165) is 0 Å². The van der Waals surface area contributed by atoms with Crippen LogP contribution in [-0.2, 0) is 20.8 Å². The van der Waals surface area contributed by atoms with Crippen molar-refractivity contribution in [3.05, 3.63) is 59.7 Å². The Kier molecular flexibility index (Phi) is 14.7. The zero-order valence-electron chi connectivity index (χ0n) is 24.6. The SMILES string of the molecule is C[N+](C)(C)CCOC(=O)c1ccccc1OS(=O)Oc1ccccc1C(=O)OCC[N+](C)(C)C.[H-].[H-].[Li+].[Li+]. The van der Waals surface area contributed by atoms with Gasteiger partial charge in [-0.25, -0.2) is 9.59 Å². The molecule has 0 aliphatic rings. The van der Waals surface area contributed by atoms with E-state index in [0.29, 0.717) is 22.1 Å². The van der Waals surface area contributed by atoms with Gasteiger partial charge in [0.1, 0.15) is 37.4 Å². The zero-order chi connectivity index (χ0) is 25.4. The van der Waals surface area contributed by atoms with Crippen molar-refractivity contribution in [3.63, 3.8) is 0 Å². The van der Waals surface area contributed by atoms with Crippen molar-refractivity contribution >= 4 is 23.3 Å². The Morgan fingerprint density at radius 3 is 1.36 bits per heavy atom. The van der Waals surface area contributed by atoms with Crippen molar-refractivity contribution in [2.75, 3.05) is 68.6 Å². The maximum atomic E-state index is 12.6. The topological polar surface area (TPSA) is 88.1 Å². The van der Waals surface area contributed by atoms with Gasteiger partial charge in [-0.05, 0) is 24.3 Å². The summed E-state index contributed by atoms with van der Waals surface area (Å²) in [5.74, 6) is -1.11. The summed E-state index contributed by atoms with van der Waals surface area (Å²) in [4.78, 5) is 25.0. The normalized spacial score (nSPS) is 11.1. The first-order chi connectivity index (χ1) is 15.9. The van der Waals surface area contributed by atoms with E-state index in [1.807, 2.05) is 42.3 Å². The third-order valence-electron chi connectivity index (χ3n) is 4.52. The van der Waals surface area contributed by atoms with Gasteiger partial charge in [0.25, 0.3) is 0 Å². The van der Waals surface area contributed by atoms with E-state index in [1.165, 1.54) is 24.3 Å². The fourth-order valence-corrected chi connectivity index (χ4v) is 3.18. The van der Waals surface area contributed by atoms with Gasteiger partial charge < -0.3 is 29.7 Å². The average Bonchev–Trinajstić information content (AvgIpc) is 2.72. The summed E-state index contributed by atoms with van der Waals surface area (Å²) in [6.45, 7) is 1.70. The number of hydrogen-bond acceptors (Lipinski definition) is 7. The fraction of sp³-hybridized carbons (Fsp3) is 0.417. The molecule has 2 aromatic carbocycles. The maximum absolute atomic E-state index is 12.6. The first kappa shape index (κ1) is 34.2. The Labute approximate surface area is 243 Å². The second-order valence-electron chi connectivity index (χ2n) is 9.66. The quantitative estimate of drug-likeness (QED) is 0.168. The molecule has 2 aromatic rings. The molecule has 0 aliphatic carbocycles. The number of benzene rings is 2. The summed E-state index contributed by atoms with van der Waals surface area (Å²) in [5, 5.41) is 0. The first-order valence-corrected chi connectivity index (χ1v) is 11.8. The Bertz CT molecular complexity index is 956. The van der Waals surface area contributed by atoms with Crippen LogP contribution in [0.1, 0.15) is 23.6 Å². The Hall–Kier alpha value is -1.76. The average molecular weight is 511 g/mol. The van der Waals surface area contributed by atoms with Gasteiger partial charge in [-0.15, -0.1) is 0 Å². The second-order valence-corrected chi connectivity index (χ2v) is 10.4. The smallest absolute Gasteiger partial charge is 1.00 e. The molecule has 0 saturated heterocycles. The molecule has 0 fully saturated rings. The van der Waals surface area contributed by atoms with E-state index in [4.69, 9.17) is 17.8 Å². The van der Waals surface area contributed by atoms with Crippen LogP contribution in [0.3, 0.4) is 0 Å². The van der Waals surface area contributed by atoms with E-state index in [1.54, 1.807) is 24.3 Å². The summed E-state index contributed by atoms with van der Waals surface area (Å²) >= 11 is -2.34. The Morgan fingerprint density at radius 2 is 1.03 bits per heavy atom. The largest absolute Gasteiger partial charge is 1.00 e. The van der Waals surface area contributed by atoms with Gasteiger partial charge in [0.15, 0.2) is 11.5 Å². The minimum absolute atomic E-state index is 0.